The van der Waals surface area contributed by atoms with Crippen LogP contribution in [0.3, 0.4) is 0 Å². The highest BCUT2D eigenvalue weighted by Gasteiger charge is 2.24. The Kier molecular flexibility index (Phi) is 5.18. The highest BCUT2D eigenvalue weighted by molar-refractivity contribution is 7.99. The Morgan fingerprint density at radius 1 is 1.14 bits per heavy atom. The molecule has 0 aliphatic heterocycles. The molecule has 0 radical (unpaired) electrons. The lowest BCUT2D eigenvalue weighted by Gasteiger charge is -2.12. The number of thioether (sulfide) groups is 1. The fraction of sp³-hybridized carbons (Fsp3) is 0.409. The average molecular weight is 425 g/mol. The maximum Gasteiger partial charge on any atom is 0.263 e. The summed E-state index contributed by atoms with van der Waals surface area (Å²) in [5, 5.41) is 10.7. The van der Waals surface area contributed by atoms with Crippen LogP contribution < -0.4 is 5.56 Å². The van der Waals surface area contributed by atoms with Crippen LogP contribution >= 0.6 is 23.1 Å². The van der Waals surface area contributed by atoms with Crippen LogP contribution in [0.15, 0.2) is 40.3 Å². The number of rotatable bonds is 6. The van der Waals surface area contributed by atoms with Crippen molar-refractivity contribution in [3.8, 4) is 0 Å². The smallest absolute Gasteiger partial charge is 0.263 e. The van der Waals surface area contributed by atoms with E-state index < -0.39 is 0 Å². The summed E-state index contributed by atoms with van der Waals surface area (Å²) in [4.78, 5) is 16.0. The second-order valence-corrected chi connectivity index (χ2v) is 9.70. The van der Waals surface area contributed by atoms with Crippen molar-refractivity contribution >= 4 is 39.1 Å². The van der Waals surface area contributed by atoms with Gasteiger partial charge in [0.25, 0.3) is 5.56 Å². The molecule has 0 saturated carbocycles. The SMILES string of the molecule is CCCSc1nnc2n(CCc3ccccc3)c(=O)c3c4c(sc3n12)CCCC4. The predicted octanol–water partition coefficient (Wildman–Crippen LogP) is 4.73. The highest BCUT2D eigenvalue weighted by Crippen LogP contribution is 2.36. The topological polar surface area (TPSA) is 52.2 Å². The van der Waals surface area contributed by atoms with E-state index in [4.69, 9.17) is 0 Å². The third-order valence-electron chi connectivity index (χ3n) is 5.57. The summed E-state index contributed by atoms with van der Waals surface area (Å²) in [6.45, 7) is 2.79. The van der Waals surface area contributed by atoms with Crippen LogP contribution in [-0.4, -0.2) is 24.9 Å². The second-order valence-electron chi connectivity index (χ2n) is 7.55. The second kappa shape index (κ2) is 7.95. The number of hydrogen-bond donors (Lipinski definition) is 0. The molecule has 0 unspecified atom stereocenters. The van der Waals surface area contributed by atoms with Gasteiger partial charge in [-0.15, -0.1) is 21.5 Å². The van der Waals surface area contributed by atoms with E-state index in [0.29, 0.717) is 12.3 Å². The first kappa shape index (κ1) is 18.9. The molecule has 3 heterocycles. The Morgan fingerprint density at radius 3 is 2.79 bits per heavy atom. The number of fused-ring (bicyclic) bond motifs is 5. The maximum absolute atomic E-state index is 13.6. The lowest BCUT2D eigenvalue weighted by molar-refractivity contribution is 0.673. The molecule has 0 atom stereocenters. The van der Waals surface area contributed by atoms with E-state index in [0.717, 1.165) is 46.8 Å². The van der Waals surface area contributed by atoms with E-state index in [9.17, 15) is 4.79 Å². The quantitative estimate of drug-likeness (QED) is 0.420. The molecule has 1 aliphatic rings. The van der Waals surface area contributed by atoms with Gasteiger partial charge in [-0.1, -0.05) is 49.0 Å². The number of benzene rings is 1. The van der Waals surface area contributed by atoms with Crippen LogP contribution in [0.25, 0.3) is 16.0 Å². The fourth-order valence-corrected chi connectivity index (χ4v) is 6.37. The molecule has 5 rings (SSSR count). The molecule has 3 aromatic heterocycles. The Bertz CT molecular complexity index is 1220. The standard InChI is InChI=1S/C22H24N4OS2/c1-2-14-28-22-24-23-21-25(13-12-15-8-4-3-5-9-15)19(27)18-16-10-6-7-11-17(16)29-20(18)26(21)22/h3-5,8-9H,2,6-7,10-14H2,1H3. The molecule has 0 saturated heterocycles. The van der Waals surface area contributed by atoms with E-state index in [2.05, 4.69) is 33.7 Å². The number of nitrogens with zero attached hydrogens (tertiary/aromatic N) is 4. The van der Waals surface area contributed by atoms with Gasteiger partial charge in [0.15, 0.2) is 5.16 Å². The summed E-state index contributed by atoms with van der Waals surface area (Å²) in [7, 11) is 0. The molecule has 4 aromatic rings. The molecule has 5 nitrogen and oxygen atoms in total. The molecule has 150 valence electrons. The summed E-state index contributed by atoms with van der Waals surface area (Å²) in [6, 6.07) is 10.3. The molecular weight excluding hydrogens is 400 g/mol. The van der Waals surface area contributed by atoms with Crippen molar-refractivity contribution in [2.45, 2.75) is 57.1 Å². The Hall–Kier alpha value is -2.12. The van der Waals surface area contributed by atoms with Gasteiger partial charge in [-0.3, -0.25) is 9.36 Å². The first-order valence-corrected chi connectivity index (χ1v) is 12.2. The Morgan fingerprint density at radius 2 is 1.97 bits per heavy atom. The summed E-state index contributed by atoms with van der Waals surface area (Å²) in [6.07, 6.45) is 6.36. The summed E-state index contributed by atoms with van der Waals surface area (Å²) in [5.41, 5.74) is 2.60. The molecular formula is C22H24N4OS2. The number of aryl methyl sites for hydroxylation is 4. The minimum atomic E-state index is 0.0993. The van der Waals surface area contributed by atoms with Crippen molar-refractivity contribution in [1.82, 2.24) is 19.2 Å². The zero-order valence-electron chi connectivity index (χ0n) is 16.6. The summed E-state index contributed by atoms with van der Waals surface area (Å²) < 4.78 is 3.99. The number of thiophene rings is 1. The monoisotopic (exact) mass is 424 g/mol. The molecule has 0 fully saturated rings. The first-order chi connectivity index (χ1) is 14.3. The minimum Gasteiger partial charge on any atom is -0.276 e. The van der Waals surface area contributed by atoms with Crippen molar-refractivity contribution in [2.75, 3.05) is 5.75 Å². The van der Waals surface area contributed by atoms with Crippen molar-refractivity contribution in [2.24, 2.45) is 0 Å². The van der Waals surface area contributed by atoms with Crippen molar-refractivity contribution in [1.29, 1.82) is 0 Å². The zero-order valence-corrected chi connectivity index (χ0v) is 18.2. The van der Waals surface area contributed by atoms with E-state index >= 15 is 0 Å². The molecule has 1 aliphatic carbocycles. The van der Waals surface area contributed by atoms with Gasteiger partial charge in [0, 0.05) is 17.2 Å². The Balaban J connectivity index is 1.71. The molecule has 0 N–H and O–H groups in total. The van der Waals surface area contributed by atoms with E-state index in [-0.39, 0.29) is 5.56 Å². The van der Waals surface area contributed by atoms with E-state index in [1.54, 1.807) is 23.1 Å². The molecule has 1 aromatic carbocycles. The van der Waals surface area contributed by atoms with Crippen LogP contribution in [0.1, 0.15) is 42.2 Å². The van der Waals surface area contributed by atoms with Crippen LogP contribution in [0.5, 0.6) is 0 Å². The van der Waals surface area contributed by atoms with Crippen molar-refractivity contribution in [3.05, 3.63) is 56.7 Å². The van der Waals surface area contributed by atoms with Gasteiger partial charge in [0.05, 0.1) is 5.39 Å². The van der Waals surface area contributed by atoms with Crippen LogP contribution in [0.4, 0.5) is 0 Å². The molecule has 29 heavy (non-hydrogen) atoms. The van der Waals surface area contributed by atoms with Crippen LogP contribution in [0.2, 0.25) is 0 Å². The van der Waals surface area contributed by atoms with Gasteiger partial charge < -0.3 is 0 Å². The first-order valence-electron chi connectivity index (χ1n) is 10.4. The normalized spacial score (nSPS) is 14.0. The average Bonchev–Trinajstić information content (AvgIpc) is 3.34. The van der Waals surface area contributed by atoms with Gasteiger partial charge in [-0.25, -0.2) is 4.40 Å². The third kappa shape index (κ3) is 3.30. The van der Waals surface area contributed by atoms with Crippen molar-refractivity contribution < 1.29 is 0 Å². The maximum atomic E-state index is 13.6. The Labute approximate surface area is 177 Å². The number of aromatic nitrogens is 4. The molecule has 7 heteroatoms. The molecule has 0 bridgehead atoms. The van der Waals surface area contributed by atoms with Crippen molar-refractivity contribution in [3.63, 3.8) is 0 Å². The van der Waals surface area contributed by atoms with Gasteiger partial charge >= 0.3 is 0 Å². The molecule has 0 amide bonds. The van der Waals surface area contributed by atoms with Gasteiger partial charge in [-0.2, -0.15) is 0 Å². The van der Waals surface area contributed by atoms with Gasteiger partial charge in [-0.05, 0) is 49.7 Å². The van der Waals surface area contributed by atoms with Crippen LogP contribution in [0, 0.1) is 0 Å². The number of hydrogen-bond acceptors (Lipinski definition) is 5. The molecule has 0 spiro atoms. The third-order valence-corrected chi connectivity index (χ3v) is 7.99. The minimum absolute atomic E-state index is 0.0993. The zero-order chi connectivity index (χ0) is 19.8. The predicted molar refractivity (Wildman–Crippen MR) is 120 cm³/mol. The van der Waals surface area contributed by atoms with E-state index in [1.807, 2.05) is 22.8 Å². The van der Waals surface area contributed by atoms with Gasteiger partial charge in [0.1, 0.15) is 4.83 Å². The lowest BCUT2D eigenvalue weighted by atomic mass is 9.97. The van der Waals surface area contributed by atoms with Crippen LogP contribution in [-0.2, 0) is 25.8 Å². The summed E-state index contributed by atoms with van der Waals surface area (Å²) >= 11 is 3.50. The largest absolute Gasteiger partial charge is 0.276 e. The summed E-state index contributed by atoms with van der Waals surface area (Å²) in [5.74, 6) is 1.67. The van der Waals surface area contributed by atoms with Gasteiger partial charge in [0.2, 0.25) is 5.78 Å². The highest BCUT2D eigenvalue weighted by atomic mass is 32.2. The van der Waals surface area contributed by atoms with E-state index in [1.165, 1.54) is 28.8 Å². The lowest BCUT2D eigenvalue weighted by Crippen LogP contribution is -2.24. The fourth-order valence-electron chi connectivity index (χ4n) is 4.14.